The van der Waals surface area contributed by atoms with E-state index in [1.807, 2.05) is 13.8 Å². The highest BCUT2D eigenvalue weighted by molar-refractivity contribution is 6.55. The first-order valence-corrected chi connectivity index (χ1v) is 11.1. The Morgan fingerprint density at radius 1 is 0.931 bits per heavy atom. The Labute approximate surface area is 186 Å². The number of halogens is 2. The second kappa shape index (κ2) is 13.8. The van der Waals surface area contributed by atoms with Gasteiger partial charge in [0.2, 0.25) is 0 Å². The molecule has 1 aromatic carbocycles. The molecule has 29 heavy (non-hydrogen) atoms. The molecule has 0 amide bonds. The topological polar surface area (TPSA) is 40.0 Å². The summed E-state index contributed by atoms with van der Waals surface area (Å²) < 4.78 is 12.3. The number of hydrogen-bond acceptors (Lipinski definition) is 4. The normalized spacial score (nSPS) is 10.8. The van der Waals surface area contributed by atoms with Gasteiger partial charge in [-0.25, -0.2) is 0 Å². The van der Waals surface area contributed by atoms with Crippen molar-refractivity contribution in [3.05, 3.63) is 33.8 Å². The van der Waals surface area contributed by atoms with E-state index in [0.29, 0.717) is 31.7 Å². The Balaban J connectivity index is 2.76. The van der Waals surface area contributed by atoms with Crippen molar-refractivity contribution < 1.29 is 14.3 Å². The van der Waals surface area contributed by atoms with Crippen LogP contribution in [0, 0.1) is 0 Å². The molecule has 0 aliphatic carbocycles. The van der Waals surface area contributed by atoms with Crippen molar-refractivity contribution in [2.75, 3.05) is 19.8 Å². The summed E-state index contributed by atoms with van der Waals surface area (Å²) >= 11 is 11.3. The zero-order valence-electron chi connectivity index (χ0n) is 18.6. The fraction of sp³-hybridized carbons (Fsp3) is 0.609. The van der Waals surface area contributed by atoms with Gasteiger partial charge < -0.3 is 14.3 Å². The number of hydrogen-bond donors (Lipinski definition) is 0. The van der Waals surface area contributed by atoms with Crippen molar-refractivity contribution >= 4 is 28.9 Å². The van der Waals surface area contributed by atoms with Crippen LogP contribution in [0.2, 0.25) is 0 Å². The lowest BCUT2D eigenvalue weighted by Gasteiger charge is -2.22. The van der Waals surface area contributed by atoms with Gasteiger partial charge in [-0.15, -0.1) is 0 Å². The Kier molecular flexibility index (Phi) is 12.2. The van der Waals surface area contributed by atoms with E-state index in [9.17, 15) is 0 Å². The van der Waals surface area contributed by atoms with Crippen molar-refractivity contribution in [3.8, 4) is 11.5 Å². The Hall–Kier alpha value is -1.39. The van der Waals surface area contributed by atoms with Gasteiger partial charge in [-0.05, 0) is 63.2 Å². The van der Waals surface area contributed by atoms with Gasteiger partial charge in [0.05, 0.1) is 12.3 Å². The van der Waals surface area contributed by atoms with Gasteiger partial charge in [0.1, 0.15) is 29.2 Å². The molecule has 6 heteroatoms. The van der Waals surface area contributed by atoms with E-state index >= 15 is 0 Å². The minimum atomic E-state index is 0.208. The first-order chi connectivity index (χ1) is 13.7. The zero-order valence-corrected chi connectivity index (χ0v) is 20.1. The van der Waals surface area contributed by atoms with E-state index in [-0.39, 0.29) is 4.49 Å². The molecule has 0 heterocycles. The fourth-order valence-corrected chi connectivity index (χ4v) is 2.87. The quantitative estimate of drug-likeness (QED) is 0.179. The fourth-order valence-electron chi connectivity index (χ4n) is 2.75. The highest BCUT2D eigenvalue weighted by Gasteiger charge is 2.18. The summed E-state index contributed by atoms with van der Waals surface area (Å²) in [6, 6.07) is 4.11. The molecule has 0 atom stereocenters. The van der Waals surface area contributed by atoms with E-state index in [2.05, 4.69) is 45.0 Å². The van der Waals surface area contributed by atoms with E-state index in [1.54, 1.807) is 6.08 Å². The average molecular weight is 444 g/mol. The monoisotopic (exact) mass is 443 g/mol. The van der Waals surface area contributed by atoms with Gasteiger partial charge in [-0.1, -0.05) is 56.1 Å². The predicted octanol–water partition coefficient (Wildman–Crippen LogP) is 7.59. The number of oxime groups is 1. The van der Waals surface area contributed by atoms with Crippen molar-refractivity contribution in [2.45, 2.75) is 72.6 Å². The van der Waals surface area contributed by atoms with Crippen molar-refractivity contribution in [1.82, 2.24) is 0 Å². The smallest absolute Gasteiger partial charge is 0.126 e. The number of unbranched alkanes of at least 4 members (excludes halogenated alkanes) is 2. The molecular weight excluding hydrogens is 409 g/mol. The molecule has 0 unspecified atom stereocenters. The lowest BCUT2D eigenvalue weighted by molar-refractivity contribution is 0.138. The van der Waals surface area contributed by atoms with E-state index in [4.69, 9.17) is 37.5 Å². The first-order valence-electron chi connectivity index (χ1n) is 10.3. The summed E-state index contributed by atoms with van der Waals surface area (Å²) in [5.74, 6) is 2.43. The maximum atomic E-state index is 6.26. The summed E-state index contributed by atoms with van der Waals surface area (Å²) in [7, 11) is 0. The van der Waals surface area contributed by atoms with Crippen LogP contribution in [0.1, 0.15) is 83.8 Å². The Bertz CT molecular complexity index is 648. The molecule has 0 fully saturated rings. The van der Waals surface area contributed by atoms with Crippen LogP contribution in [0.3, 0.4) is 0 Å². The molecule has 0 aliphatic heterocycles. The van der Waals surface area contributed by atoms with E-state index in [1.165, 1.54) is 0 Å². The second-order valence-corrected chi connectivity index (χ2v) is 8.83. The maximum absolute atomic E-state index is 6.26. The number of ether oxygens (including phenoxy) is 2. The van der Waals surface area contributed by atoms with Crippen molar-refractivity contribution in [3.63, 3.8) is 0 Å². The van der Waals surface area contributed by atoms with Crippen LogP contribution in [-0.4, -0.2) is 25.5 Å². The molecule has 0 spiro atoms. The Morgan fingerprint density at radius 3 is 2.03 bits per heavy atom. The minimum Gasteiger partial charge on any atom is -0.493 e. The Morgan fingerprint density at radius 2 is 1.52 bits per heavy atom. The molecule has 1 rings (SSSR count). The predicted molar refractivity (Wildman–Crippen MR) is 124 cm³/mol. The SMILES string of the molecule is CC(C)=NOCCCCCOc1c(C(C)C)cc(OCC=C(Cl)Cl)cc1C(C)C. The second-order valence-electron chi connectivity index (χ2n) is 7.83. The summed E-state index contributed by atoms with van der Waals surface area (Å²) in [6.07, 6.45) is 4.62. The van der Waals surface area contributed by atoms with Crippen LogP contribution < -0.4 is 9.47 Å². The van der Waals surface area contributed by atoms with Gasteiger partial charge >= 0.3 is 0 Å². The molecule has 4 nitrogen and oxygen atoms in total. The van der Waals surface area contributed by atoms with Crippen LogP contribution in [0.15, 0.2) is 27.9 Å². The van der Waals surface area contributed by atoms with Gasteiger partial charge in [0.15, 0.2) is 0 Å². The third-order valence-corrected chi connectivity index (χ3v) is 4.53. The molecule has 0 bridgehead atoms. The van der Waals surface area contributed by atoms with E-state index in [0.717, 1.165) is 47.6 Å². The molecule has 0 saturated carbocycles. The van der Waals surface area contributed by atoms with Crippen LogP contribution in [0.25, 0.3) is 0 Å². The summed E-state index contributed by atoms with van der Waals surface area (Å²) in [6.45, 7) is 14.2. The molecule has 0 aromatic heterocycles. The standard InChI is InChI=1S/C23H35Cl2NO3/c1-16(2)20-14-19(27-13-10-22(24)25)15-21(17(3)4)23(20)28-11-8-7-9-12-29-26-18(5)6/h10,14-17H,7-9,11-13H2,1-6H3. The molecular formula is C23H35Cl2NO3. The lowest BCUT2D eigenvalue weighted by atomic mass is 9.93. The third kappa shape index (κ3) is 10.3. The van der Waals surface area contributed by atoms with Gasteiger partial charge in [0, 0.05) is 11.1 Å². The van der Waals surface area contributed by atoms with Crippen LogP contribution in [-0.2, 0) is 4.84 Å². The lowest BCUT2D eigenvalue weighted by Crippen LogP contribution is -2.07. The molecule has 0 aliphatic rings. The van der Waals surface area contributed by atoms with Crippen LogP contribution in [0.4, 0.5) is 0 Å². The van der Waals surface area contributed by atoms with Gasteiger partial charge in [0.25, 0.3) is 0 Å². The average Bonchev–Trinajstić information content (AvgIpc) is 2.63. The van der Waals surface area contributed by atoms with Crippen molar-refractivity contribution in [1.29, 1.82) is 0 Å². The number of rotatable bonds is 13. The minimum absolute atomic E-state index is 0.208. The molecule has 164 valence electrons. The molecule has 0 radical (unpaired) electrons. The van der Waals surface area contributed by atoms with Gasteiger partial charge in [-0.2, -0.15) is 0 Å². The maximum Gasteiger partial charge on any atom is 0.126 e. The number of nitrogens with zero attached hydrogens (tertiary/aromatic N) is 1. The molecule has 0 saturated heterocycles. The van der Waals surface area contributed by atoms with Gasteiger partial charge in [-0.3, -0.25) is 0 Å². The van der Waals surface area contributed by atoms with Crippen LogP contribution >= 0.6 is 23.2 Å². The molecule has 0 N–H and O–H groups in total. The molecule has 1 aromatic rings. The summed E-state index contributed by atoms with van der Waals surface area (Å²) in [4.78, 5) is 5.23. The first kappa shape index (κ1) is 25.6. The highest BCUT2D eigenvalue weighted by atomic mass is 35.5. The third-order valence-electron chi connectivity index (χ3n) is 4.23. The summed E-state index contributed by atoms with van der Waals surface area (Å²) in [5.41, 5.74) is 3.25. The summed E-state index contributed by atoms with van der Waals surface area (Å²) in [5, 5.41) is 3.95. The van der Waals surface area contributed by atoms with Crippen molar-refractivity contribution in [2.24, 2.45) is 5.16 Å². The zero-order chi connectivity index (χ0) is 21.8. The van der Waals surface area contributed by atoms with Crippen LogP contribution in [0.5, 0.6) is 11.5 Å². The van der Waals surface area contributed by atoms with E-state index < -0.39 is 0 Å². The highest BCUT2D eigenvalue weighted by Crippen LogP contribution is 2.38. The number of benzene rings is 1. The largest absolute Gasteiger partial charge is 0.493 e.